The van der Waals surface area contributed by atoms with Gasteiger partial charge in [0, 0.05) is 44.0 Å². The summed E-state index contributed by atoms with van der Waals surface area (Å²) >= 11 is 0. The Morgan fingerprint density at radius 1 is 1.40 bits per heavy atom. The fraction of sp³-hybridized carbons (Fsp3) is 0.727. The lowest BCUT2D eigenvalue weighted by Gasteiger charge is -2.27. The molecule has 0 spiro atoms. The quantitative estimate of drug-likeness (QED) is 0.777. The fourth-order valence-corrected chi connectivity index (χ4v) is 2.06. The summed E-state index contributed by atoms with van der Waals surface area (Å²) in [6.45, 7) is 9.93. The zero-order valence-electron chi connectivity index (χ0n) is 9.58. The van der Waals surface area contributed by atoms with E-state index in [1.807, 2.05) is 6.20 Å². The highest BCUT2D eigenvalue weighted by atomic mass is 15.2. The largest absolute Gasteiger partial charge is 0.314 e. The highest BCUT2D eigenvalue weighted by Gasteiger charge is 2.14. The van der Waals surface area contributed by atoms with Crippen molar-refractivity contribution in [1.82, 2.24) is 20.4 Å². The number of rotatable bonds is 3. The number of hydrogen-bond acceptors (Lipinski definition) is 3. The summed E-state index contributed by atoms with van der Waals surface area (Å²) in [6, 6.07) is 0. The molecule has 2 heterocycles. The normalized spacial score (nSPS) is 18.6. The fourth-order valence-electron chi connectivity index (χ4n) is 2.06. The molecule has 1 saturated heterocycles. The first-order valence-electron chi connectivity index (χ1n) is 5.72. The van der Waals surface area contributed by atoms with Crippen LogP contribution in [0.2, 0.25) is 0 Å². The average molecular weight is 208 g/mol. The van der Waals surface area contributed by atoms with Crippen LogP contribution in [0.15, 0.2) is 6.20 Å². The second kappa shape index (κ2) is 4.77. The Labute approximate surface area is 91.1 Å². The number of hydrogen-bond donors (Lipinski definition) is 2. The molecule has 1 fully saturated rings. The second-order valence-corrected chi connectivity index (χ2v) is 4.49. The molecule has 0 atom stereocenters. The van der Waals surface area contributed by atoms with Crippen LogP contribution in [0.25, 0.3) is 0 Å². The predicted molar refractivity (Wildman–Crippen MR) is 60.8 cm³/mol. The highest BCUT2D eigenvalue weighted by molar-refractivity contribution is 5.19. The average Bonchev–Trinajstić information content (AvgIpc) is 2.67. The number of nitrogens with zero attached hydrogens (tertiary/aromatic N) is 2. The van der Waals surface area contributed by atoms with Gasteiger partial charge in [0.1, 0.15) is 0 Å². The van der Waals surface area contributed by atoms with Gasteiger partial charge in [0.2, 0.25) is 0 Å². The van der Waals surface area contributed by atoms with Crippen molar-refractivity contribution in [2.24, 2.45) is 0 Å². The Balaban J connectivity index is 1.99. The van der Waals surface area contributed by atoms with Crippen molar-refractivity contribution in [1.29, 1.82) is 0 Å². The molecule has 0 radical (unpaired) electrons. The van der Waals surface area contributed by atoms with Gasteiger partial charge in [-0.15, -0.1) is 0 Å². The van der Waals surface area contributed by atoms with Gasteiger partial charge in [-0.25, -0.2) is 0 Å². The van der Waals surface area contributed by atoms with Gasteiger partial charge < -0.3 is 5.32 Å². The van der Waals surface area contributed by atoms with Crippen LogP contribution in [-0.2, 0) is 6.54 Å². The summed E-state index contributed by atoms with van der Waals surface area (Å²) in [5.41, 5.74) is 2.64. The van der Waals surface area contributed by atoms with Crippen LogP contribution >= 0.6 is 0 Å². The van der Waals surface area contributed by atoms with Crippen LogP contribution in [0.1, 0.15) is 31.0 Å². The smallest absolute Gasteiger partial charge is 0.0535 e. The standard InChI is InChI=1S/C11H20N4/c1-9(2)11-10(7-13-14-11)8-15-5-3-12-4-6-15/h7,9,12H,3-6,8H2,1-2H3,(H,13,14). The van der Waals surface area contributed by atoms with E-state index in [9.17, 15) is 0 Å². The van der Waals surface area contributed by atoms with Crippen LogP contribution in [0, 0.1) is 0 Å². The first-order chi connectivity index (χ1) is 7.27. The Morgan fingerprint density at radius 3 is 2.80 bits per heavy atom. The van der Waals surface area contributed by atoms with E-state index in [2.05, 4.69) is 34.3 Å². The van der Waals surface area contributed by atoms with Crippen LogP contribution in [-0.4, -0.2) is 41.3 Å². The molecule has 84 valence electrons. The molecule has 0 saturated carbocycles. The molecular formula is C11H20N4. The molecule has 0 bridgehead atoms. The molecule has 15 heavy (non-hydrogen) atoms. The van der Waals surface area contributed by atoms with E-state index < -0.39 is 0 Å². The van der Waals surface area contributed by atoms with Gasteiger partial charge in [-0.1, -0.05) is 13.8 Å². The summed E-state index contributed by atoms with van der Waals surface area (Å²) < 4.78 is 0. The molecule has 0 aliphatic carbocycles. The van der Waals surface area contributed by atoms with Crippen molar-refractivity contribution < 1.29 is 0 Å². The predicted octanol–water partition coefficient (Wildman–Crippen LogP) is 0.938. The number of nitrogens with one attached hydrogen (secondary N) is 2. The maximum absolute atomic E-state index is 4.14. The molecule has 0 amide bonds. The van der Waals surface area contributed by atoms with E-state index in [-0.39, 0.29) is 0 Å². The van der Waals surface area contributed by atoms with E-state index in [4.69, 9.17) is 0 Å². The molecule has 0 unspecified atom stereocenters. The Kier molecular flexibility index (Phi) is 3.38. The molecule has 1 aliphatic rings. The third-order valence-electron chi connectivity index (χ3n) is 2.93. The Bertz CT molecular complexity index is 299. The van der Waals surface area contributed by atoms with Gasteiger partial charge in [-0.2, -0.15) is 5.10 Å². The third-order valence-corrected chi connectivity index (χ3v) is 2.93. The van der Waals surface area contributed by atoms with Crippen molar-refractivity contribution >= 4 is 0 Å². The number of aromatic amines is 1. The molecule has 1 aliphatic heterocycles. The lowest BCUT2D eigenvalue weighted by molar-refractivity contribution is 0.232. The van der Waals surface area contributed by atoms with E-state index in [0.29, 0.717) is 5.92 Å². The molecule has 1 aromatic heterocycles. The summed E-state index contributed by atoms with van der Waals surface area (Å²) in [7, 11) is 0. The third kappa shape index (κ3) is 2.58. The number of H-pyrrole nitrogens is 1. The second-order valence-electron chi connectivity index (χ2n) is 4.49. The van der Waals surface area contributed by atoms with Crippen LogP contribution in [0.4, 0.5) is 0 Å². The zero-order chi connectivity index (χ0) is 10.7. The SMILES string of the molecule is CC(C)c1[nH]ncc1CN1CCNCC1. The zero-order valence-corrected chi connectivity index (χ0v) is 9.58. The maximum Gasteiger partial charge on any atom is 0.0535 e. The van der Waals surface area contributed by atoms with Crippen molar-refractivity contribution in [3.8, 4) is 0 Å². The topological polar surface area (TPSA) is 44.0 Å². The van der Waals surface area contributed by atoms with E-state index in [1.165, 1.54) is 11.3 Å². The van der Waals surface area contributed by atoms with Gasteiger partial charge in [0.25, 0.3) is 0 Å². The number of aromatic nitrogens is 2. The summed E-state index contributed by atoms with van der Waals surface area (Å²) in [4.78, 5) is 2.48. The summed E-state index contributed by atoms with van der Waals surface area (Å²) in [5, 5.41) is 10.6. The van der Waals surface area contributed by atoms with Gasteiger partial charge in [-0.05, 0) is 5.92 Å². The minimum atomic E-state index is 0.533. The van der Waals surface area contributed by atoms with Crippen molar-refractivity contribution in [2.75, 3.05) is 26.2 Å². The molecule has 4 heteroatoms. The summed E-state index contributed by atoms with van der Waals surface area (Å²) in [6.07, 6.45) is 1.97. The van der Waals surface area contributed by atoms with Crippen molar-refractivity contribution in [3.63, 3.8) is 0 Å². The van der Waals surface area contributed by atoms with E-state index in [0.717, 1.165) is 32.7 Å². The lowest BCUT2D eigenvalue weighted by Crippen LogP contribution is -2.42. The van der Waals surface area contributed by atoms with Gasteiger partial charge >= 0.3 is 0 Å². The van der Waals surface area contributed by atoms with Crippen LogP contribution in [0.3, 0.4) is 0 Å². The Hall–Kier alpha value is -0.870. The van der Waals surface area contributed by atoms with Crippen molar-refractivity contribution in [2.45, 2.75) is 26.3 Å². The lowest BCUT2D eigenvalue weighted by atomic mass is 10.1. The highest BCUT2D eigenvalue weighted by Crippen LogP contribution is 2.17. The Morgan fingerprint density at radius 2 is 2.13 bits per heavy atom. The van der Waals surface area contributed by atoms with Crippen LogP contribution < -0.4 is 5.32 Å². The van der Waals surface area contributed by atoms with Gasteiger partial charge in [0.05, 0.1) is 6.20 Å². The van der Waals surface area contributed by atoms with Gasteiger partial charge in [-0.3, -0.25) is 10.00 Å². The molecule has 1 aromatic rings. The van der Waals surface area contributed by atoms with E-state index in [1.54, 1.807) is 0 Å². The first kappa shape index (κ1) is 10.6. The molecule has 0 aromatic carbocycles. The minimum absolute atomic E-state index is 0.533. The van der Waals surface area contributed by atoms with Crippen LogP contribution in [0.5, 0.6) is 0 Å². The minimum Gasteiger partial charge on any atom is -0.314 e. The molecule has 4 nitrogen and oxygen atoms in total. The van der Waals surface area contributed by atoms with E-state index >= 15 is 0 Å². The first-order valence-corrected chi connectivity index (χ1v) is 5.72. The molecular weight excluding hydrogens is 188 g/mol. The maximum atomic E-state index is 4.14. The monoisotopic (exact) mass is 208 g/mol. The van der Waals surface area contributed by atoms with Gasteiger partial charge in [0.15, 0.2) is 0 Å². The summed E-state index contributed by atoms with van der Waals surface area (Å²) in [5.74, 6) is 0.533. The van der Waals surface area contributed by atoms with Crippen molar-refractivity contribution in [3.05, 3.63) is 17.5 Å². The molecule has 2 rings (SSSR count). The number of piperazine rings is 1. The molecule has 2 N–H and O–H groups in total.